The first kappa shape index (κ1) is 23.4. The zero-order valence-corrected chi connectivity index (χ0v) is 19.7. The monoisotopic (exact) mass is 452 g/mol. The van der Waals surface area contributed by atoms with E-state index in [-0.39, 0.29) is 18.3 Å². The normalized spacial score (nSPS) is 10.6. The summed E-state index contributed by atoms with van der Waals surface area (Å²) in [7, 11) is 1.58. The fraction of sp³-hybridized carbons (Fsp3) is 0.292. The Labute approximate surface area is 192 Å². The molecule has 0 fully saturated rings. The number of thioether (sulfide) groups is 1. The Hall–Kier alpha value is -3.26. The van der Waals surface area contributed by atoms with Crippen LogP contribution in [0.1, 0.15) is 22.5 Å². The lowest BCUT2D eigenvalue weighted by atomic mass is 10.1. The maximum atomic E-state index is 12.5. The van der Waals surface area contributed by atoms with Crippen LogP contribution in [0, 0.1) is 20.8 Å². The second-order valence-corrected chi connectivity index (χ2v) is 8.34. The topological polar surface area (TPSA) is 78.3 Å². The van der Waals surface area contributed by atoms with Crippen LogP contribution in [0.4, 0.5) is 5.69 Å². The minimum Gasteiger partial charge on any atom is -0.495 e. The van der Waals surface area contributed by atoms with E-state index in [0.29, 0.717) is 29.0 Å². The molecule has 32 heavy (non-hydrogen) atoms. The summed E-state index contributed by atoms with van der Waals surface area (Å²) >= 11 is 1.31. The van der Waals surface area contributed by atoms with Crippen LogP contribution in [-0.2, 0) is 17.9 Å². The number of methoxy groups -OCH3 is 1. The van der Waals surface area contributed by atoms with E-state index in [1.54, 1.807) is 13.2 Å². The maximum absolute atomic E-state index is 12.5. The molecule has 3 rings (SSSR count). The Morgan fingerprint density at radius 1 is 1.12 bits per heavy atom. The van der Waals surface area contributed by atoms with Crippen molar-refractivity contribution in [1.82, 2.24) is 14.8 Å². The summed E-state index contributed by atoms with van der Waals surface area (Å²) in [5.74, 6) is 2.14. The molecule has 0 atom stereocenters. The molecule has 0 radical (unpaired) electrons. The fourth-order valence-electron chi connectivity index (χ4n) is 3.18. The van der Waals surface area contributed by atoms with Crippen LogP contribution in [0.25, 0.3) is 0 Å². The summed E-state index contributed by atoms with van der Waals surface area (Å²) in [4.78, 5) is 12.5. The molecule has 0 aliphatic carbocycles. The predicted octanol–water partition coefficient (Wildman–Crippen LogP) is 4.71. The Bertz CT molecular complexity index is 1110. The van der Waals surface area contributed by atoms with E-state index in [1.165, 1.54) is 17.3 Å². The third kappa shape index (κ3) is 5.91. The molecular weight excluding hydrogens is 424 g/mol. The SMILES string of the molecule is C=CCn1c(COc2ccc(C)cc2C)nnc1SCC(=O)Nc1cc(C)ccc1OC. The largest absolute Gasteiger partial charge is 0.495 e. The summed E-state index contributed by atoms with van der Waals surface area (Å²) < 4.78 is 13.2. The summed E-state index contributed by atoms with van der Waals surface area (Å²) in [6, 6.07) is 11.7. The van der Waals surface area contributed by atoms with Gasteiger partial charge in [-0.2, -0.15) is 0 Å². The lowest BCUT2D eigenvalue weighted by Crippen LogP contribution is -2.15. The van der Waals surface area contributed by atoms with E-state index in [9.17, 15) is 4.79 Å². The van der Waals surface area contributed by atoms with Gasteiger partial charge in [0.15, 0.2) is 11.0 Å². The standard InChI is InChI=1S/C24H28N4O3S/c1-6-11-28-22(14-31-20-9-7-16(2)12-18(20)4)26-27-24(28)32-15-23(29)25-19-13-17(3)8-10-21(19)30-5/h6-10,12-13H,1,11,14-15H2,2-5H3,(H,25,29). The van der Waals surface area contributed by atoms with Crippen molar-refractivity contribution in [3.63, 3.8) is 0 Å². The van der Waals surface area contributed by atoms with Crippen molar-refractivity contribution >= 4 is 23.4 Å². The second kappa shape index (κ2) is 10.9. The molecule has 0 saturated heterocycles. The molecule has 1 heterocycles. The maximum Gasteiger partial charge on any atom is 0.234 e. The number of allylic oxidation sites excluding steroid dienone is 1. The minimum absolute atomic E-state index is 0.153. The van der Waals surface area contributed by atoms with Crippen LogP contribution < -0.4 is 14.8 Å². The predicted molar refractivity (Wildman–Crippen MR) is 128 cm³/mol. The van der Waals surface area contributed by atoms with Crippen molar-refractivity contribution in [2.24, 2.45) is 0 Å². The third-order valence-electron chi connectivity index (χ3n) is 4.75. The molecule has 3 aromatic rings. The first-order chi connectivity index (χ1) is 15.4. The van der Waals surface area contributed by atoms with E-state index in [4.69, 9.17) is 9.47 Å². The average molecular weight is 453 g/mol. The Morgan fingerprint density at radius 3 is 2.53 bits per heavy atom. The Balaban J connectivity index is 1.65. The van der Waals surface area contributed by atoms with Gasteiger partial charge >= 0.3 is 0 Å². The van der Waals surface area contributed by atoms with Crippen LogP contribution >= 0.6 is 11.8 Å². The first-order valence-electron chi connectivity index (χ1n) is 10.2. The Morgan fingerprint density at radius 2 is 1.84 bits per heavy atom. The number of carbonyl (C=O) groups is 1. The molecule has 0 bridgehead atoms. The first-order valence-corrected chi connectivity index (χ1v) is 11.2. The van der Waals surface area contributed by atoms with Gasteiger partial charge < -0.3 is 14.8 Å². The van der Waals surface area contributed by atoms with Gasteiger partial charge in [-0.15, -0.1) is 16.8 Å². The third-order valence-corrected chi connectivity index (χ3v) is 5.72. The van der Waals surface area contributed by atoms with Crippen molar-refractivity contribution in [2.45, 2.75) is 39.1 Å². The number of hydrogen-bond donors (Lipinski definition) is 1. The van der Waals surface area contributed by atoms with Crippen LogP contribution in [-0.4, -0.2) is 33.5 Å². The van der Waals surface area contributed by atoms with Crippen LogP contribution in [0.5, 0.6) is 11.5 Å². The van der Waals surface area contributed by atoms with Gasteiger partial charge in [0.05, 0.1) is 18.6 Å². The lowest BCUT2D eigenvalue weighted by Gasteiger charge is -2.12. The quantitative estimate of drug-likeness (QED) is 0.355. The van der Waals surface area contributed by atoms with Gasteiger partial charge in [-0.05, 0) is 50.1 Å². The number of carbonyl (C=O) groups excluding carboxylic acids is 1. The molecule has 0 aliphatic heterocycles. The van der Waals surface area contributed by atoms with Gasteiger partial charge in [0.2, 0.25) is 5.91 Å². The highest BCUT2D eigenvalue weighted by molar-refractivity contribution is 7.99. The van der Waals surface area contributed by atoms with Gasteiger partial charge in [-0.25, -0.2) is 0 Å². The molecule has 1 aromatic heterocycles. The molecule has 0 spiro atoms. The summed E-state index contributed by atoms with van der Waals surface area (Å²) in [6.07, 6.45) is 1.77. The molecule has 168 valence electrons. The molecule has 8 heteroatoms. The molecule has 1 N–H and O–H groups in total. The van der Waals surface area contributed by atoms with Crippen LogP contribution in [0.15, 0.2) is 54.2 Å². The zero-order chi connectivity index (χ0) is 23.1. The number of nitrogens with zero attached hydrogens (tertiary/aromatic N) is 3. The zero-order valence-electron chi connectivity index (χ0n) is 18.8. The molecule has 0 saturated carbocycles. The second-order valence-electron chi connectivity index (χ2n) is 7.40. The van der Waals surface area contributed by atoms with Gasteiger partial charge in [0, 0.05) is 6.54 Å². The summed E-state index contributed by atoms with van der Waals surface area (Å²) in [5.41, 5.74) is 3.93. The van der Waals surface area contributed by atoms with Crippen molar-refractivity contribution in [3.05, 3.63) is 71.6 Å². The fourth-order valence-corrected chi connectivity index (χ4v) is 3.95. The number of hydrogen-bond acceptors (Lipinski definition) is 6. The van der Waals surface area contributed by atoms with Crippen molar-refractivity contribution in [1.29, 1.82) is 0 Å². The molecule has 2 aromatic carbocycles. The summed E-state index contributed by atoms with van der Waals surface area (Å²) in [6.45, 7) is 10.6. The highest BCUT2D eigenvalue weighted by Crippen LogP contribution is 2.26. The van der Waals surface area contributed by atoms with E-state index < -0.39 is 0 Å². The highest BCUT2D eigenvalue weighted by Gasteiger charge is 2.15. The van der Waals surface area contributed by atoms with E-state index >= 15 is 0 Å². The van der Waals surface area contributed by atoms with E-state index in [1.807, 2.05) is 55.7 Å². The number of benzene rings is 2. The molecule has 1 amide bonds. The average Bonchev–Trinajstić information content (AvgIpc) is 3.14. The highest BCUT2D eigenvalue weighted by atomic mass is 32.2. The number of ether oxygens (including phenoxy) is 2. The van der Waals surface area contributed by atoms with Crippen LogP contribution in [0.2, 0.25) is 0 Å². The summed E-state index contributed by atoms with van der Waals surface area (Å²) in [5, 5.41) is 12.1. The lowest BCUT2D eigenvalue weighted by molar-refractivity contribution is -0.113. The van der Waals surface area contributed by atoms with Gasteiger partial charge in [0.25, 0.3) is 0 Å². The van der Waals surface area contributed by atoms with Gasteiger partial charge in [-0.1, -0.05) is 41.6 Å². The van der Waals surface area contributed by atoms with Crippen molar-refractivity contribution in [2.75, 3.05) is 18.2 Å². The Kier molecular flexibility index (Phi) is 7.94. The van der Waals surface area contributed by atoms with Crippen molar-refractivity contribution < 1.29 is 14.3 Å². The molecule has 0 unspecified atom stereocenters. The number of nitrogens with one attached hydrogen (secondary N) is 1. The van der Waals surface area contributed by atoms with Gasteiger partial charge in [-0.3, -0.25) is 9.36 Å². The van der Waals surface area contributed by atoms with Crippen LogP contribution in [0.3, 0.4) is 0 Å². The smallest absolute Gasteiger partial charge is 0.234 e. The number of aromatic nitrogens is 3. The molecule has 7 nitrogen and oxygen atoms in total. The molecule has 0 aliphatic rings. The van der Waals surface area contributed by atoms with E-state index in [0.717, 1.165) is 16.9 Å². The number of amides is 1. The van der Waals surface area contributed by atoms with Crippen molar-refractivity contribution in [3.8, 4) is 11.5 Å². The molecular formula is C24H28N4O3S. The number of aryl methyl sites for hydroxylation is 3. The van der Waals surface area contributed by atoms with Gasteiger partial charge in [0.1, 0.15) is 18.1 Å². The minimum atomic E-state index is -0.153. The number of anilines is 1. The number of rotatable bonds is 10. The van der Waals surface area contributed by atoms with E-state index in [2.05, 4.69) is 28.2 Å².